The van der Waals surface area contributed by atoms with Crippen molar-refractivity contribution in [3.8, 4) is 0 Å². The zero-order valence-electron chi connectivity index (χ0n) is 14.3. The van der Waals surface area contributed by atoms with Crippen LogP contribution in [-0.4, -0.2) is 29.7 Å². The summed E-state index contributed by atoms with van der Waals surface area (Å²) >= 11 is 5.73. The number of alkyl halides is 1. The van der Waals surface area contributed by atoms with Crippen LogP contribution in [0.15, 0.2) is 35.5 Å². The molecule has 10 heteroatoms. The van der Waals surface area contributed by atoms with Crippen molar-refractivity contribution >= 4 is 29.2 Å². The van der Waals surface area contributed by atoms with E-state index in [0.717, 1.165) is 12.1 Å². The molecular formula is C18H14ClF3N4O2. The van der Waals surface area contributed by atoms with Gasteiger partial charge in [-0.3, -0.25) is 4.79 Å². The maximum absolute atomic E-state index is 14.6. The maximum atomic E-state index is 14.6. The number of fused-ring (bicyclic) bond motifs is 1. The van der Waals surface area contributed by atoms with Crippen LogP contribution < -0.4 is 11.1 Å². The topological polar surface area (TPSA) is 89.6 Å². The van der Waals surface area contributed by atoms with E-state index in [4.69, 9.17) is 22.1 Å². The lowest BCUT2D eigenvalue weighted by Gasteiger charge is -2.31. The molecule has 0 saturated heterocycles. The third-order valence-electron chi connectivity index (χ3n) is 4.84. The van der Waals surface area contributed by atoms with Crippen molar-refractivity contribution in [1.82, 2.24) is 4.98 Å². The molecule has 1 saturated carbocycles. The molecule has 1 amide bonds. The zero-order chi connectivity index (χ0) is 20.1. The molecule has 1 fully saturated rings. The Bertz CT molecular complexity index is 986. The van der Waals surface area contributed by atoms with Gasteiger partial charge in [-0.05, 0) is 24.6 Å². The van der Waals surface area contributed by atoms with Crippen LogP contribution >= 0.6 is 11.6 Å². The second kappa shape index (κ2) is 6.66. The number of pyridine rings is 1. The Balaban J connectivity index is 1.72. The summed E-state index contributed by atoms with van der Waals surface area (Å²) in [5.41, 5.74) is 3.52. The standard InChI is InChI=1S/C18H14ClF3N4O2/c19-8-1-2-13(24-6-8)16(27)25-9-3-11(15(22)12(21)4-9)18(7-20)10-5-14(10)28-17(23)26-18/h1-4,6,10,14H,5,7H2,(H2,23,26)(H,25,27). The third kappa shape index (κ3) is 3.05. The van der Waals surface area contributed by atoms with Gasteiger partial charge in [-0.25, -0.2) is 23.1 Å². The Morgan fingerprint density at radius 1 is 1.39 bits per heavy atom. The van der Waals surface area contributed by atoms with Gasteiger partial charge >= 0.3 is 0 Å². The van der Waals surface area contributed by atoms with Crippen molar-refractivity contribution in [2.75, 3.05) is 12.0 Å². The van der Waals surface area contributed by atoms with Crippen LogP contribution in [0.25, 0.3) is 0 Å². The Morgan fingerprint density at radius 2 is 2.18 bits per heavy atom. The van der Waals surface area contributed by atoms with Crippen LogP contribution in [0.4, 0.5) is 18.9 Å². The summed E-state index contributed by atoms with van der Waals surface area (Å²) in [6, 6.07) is 4.51. The molecule has 2 aromatic rings. The largest absolute Gasteiger partial charge is 0.462 e. The molecule has 146 valence electrons. The molecule has 1 aromatic heterocycles. The zero-order valence-corrected chi connectivity index (χ0v) is 15.0. The van der Waals surface area contributed by atoms with Gasteiger partial charge in [0.15, 0.2) is 11.6 Å². The molecular weight excluding hydrogens is 397 g/mol. The number of carbonyl (C=O) groups is 1. The molecule has 0 bridgehead atoms. The highest BCUT2D eigenvalue weighted by Crippen LogP contribution is 2.54. The van der Waals surface area contributed by atoms with E-state index in [1.54, 1.807) is 0 Å². The molecule has 3 N–H and O–H groups in total. The first kappa shape index (κ1) is 18.5. The van der Waals surface area contributed by atoms with Gasteiger partial charge in [0.05, 0.1) is 5.02 Å². The predicted molar refractivity (Wildman–Crippen MR) is 95.8 cm³/mol. The molecule has 28 heavy (non-hydrogen) atoms. The smallest absolute Gasteiger partial charge is 0.283 e. The van der Waals surface area contributed by atoms with Gasteiger partial charge < -0.3 is 15.8 Å². The van der Waals surface area contributed by atoms with E-state index in [1.807, 2.05) is 0 Å². The molecule has 1 aliphatic heterocycles. The molecule has 4 rings (SSSR count). The van der Waals surface area contributed by atoms with E-state index in [9.17, 15) is 18.0 Å². The lowest BCUT2D eigenvalue weighted by Crippen LogP contribution is -2.40. The molecule has 0 spiro atoms. The van der Waals surface area contributed by atoms with Gasteiger partial charge in [0, 0.05) is 29.4 Å². The molecule has 3 unspecified atom stereocenters. The van der Waals surface area contributed by atoms with Gasteiger partial charge in [-0.2, -0.15) is 0 Å². The highest BCUT2D eigenvalue weighted by atomic mass is 35.5. The van der Waals surface area contributed by atoms with Crippen molar-refractivity contribution in [2.45, 2.75) is 18.1 Å². The number of ether oxygens (including phenoxy) is 1. The number of aliphatic imine (C=N–C) groups is 1. The number of anilines is 1. The third-order valence-corrected chi connectivity index (χ3v) is 5.07. The minimum absolute atomic E-state index is 0.0199. The number of nitrogens with zero attached hydrogens (tertiary/aromatic N) is 2. The fourth-order valence-corrected chi connectivity index (χ4v) is 3.52. The summed E-state index contributed by atoms with van der Waals surface area (Å²) in [5, 5.41) is 2.76. The van der Waals surface area contributed by atoms with Crippen LogP contribution in [0.5, 0.6) is 0 Å². The number of nitrogens with two attached hydrogens (primary N) is 1. The van der Waals surface area contributed by atoms with E-state index in [-0.39, 0.29) is 23.0 Å². The first-order chi connectivity index (χ1) is 13.3. The average molecular weight is 411 g/mol. The summed E-state index contributed by atoms with van der Waals surface area (Å²) < 4.78 is 48.1. The molecule has 6 nitrogen and oxygen atoms in total. The number of carbonyl (C=O) groups excluding carboxylic acids is 1. The first-order valence-corrected chi connectivity index (χ1v) is 8.72. The molecule has 2 heterocycles. The Labute approximate surface area is 162 Å². The Hall–Kier alpha value is -2.81. The summed E-state index contributed by atoms with van der Waals surface area (Å²) in [5.74, 6) is -3.63. The minimum Gasteiger partial charge on any atom is -0.462 e. The van der Waals surface area contributed by atoms with Crippen LogP contribution in [0.1, 0.15) is 22.5 Å². The van der Waals surface area contributed by atoms with E-state index >= 15 is 0 Å². The fourth-order valence-electron chi connectivity index (χ4n) is 3.41. The number of nitrogens with one attached hydrogen (secondary N) is 1. The van der Waals surface area contributed by atoms with E-state index in [2.05, 4.69) is 15.3 Å². The van der Waals surface area contributed by atoms with E-state index in [1.165, 1.54) is 18.3 Å². The SMILES string of the molecule is NC1=NC(CF)(c2cc(NC(=O)c3ccc(Cl)cn3)cc(F)c2F)C2CC2O1. The lowest BCUT2D eigenvalue weighted by atomic mass is 9.85. The molecule has 1 aliphatic carbocycles. The maximum Gasteiger partial charge on any atom is 0.283 e. The van der Waals surface area contributed by atoms with Gasteiger partial charge in [-0.1, -0.05) is 11.6 Å². The van der Waals surface area contributed by atoms with Crippen molar-refractivity contribution in [3.05, 3.63) is 58.4 Å². The van der Waals surface area contributed by atoms with E-state index < -0.39 is 41.8 Å². The second-order valence-corrected chi connectivity index (χ2v) is 7.08. The monoisotopic (exact) mass is 410 g/mol. The van der Waals surface area contributed by atoms with Crippen LogP contribution in [0.3, 0.4) is 0 Å². The molecule has 1 aromatic carbocycles. The normalized spacial score (nSPS) is 25.4. The van der Waals surface area contributed by atoms with Crippen LogP contribution in [-0.2, 0) is 10.3 Å². The summed E-state index contributed by atoms with van der Waals surface area (Å²) in [6.45, 7) is -1.09. The number of halogens is 4. The number of hydrogen-bond acceptors (Lipinski definition) is 5. The van der Waals surface area contributed by atoms with Crippen LogP contribution in [0, 0.1) is 17.6 Å². The van der Waals surface area contributed by atoms with Gasteiger partial charge in [0.1, 0.15) is 24.0 Å². The number of hydrogen-bond donors (Lipinski definition) is 2. The molecule has 2 aliphatic rings. The number of aromatic nitrogens is 1. The highest BCUT2D eigenvalue weighted by molar-refractivity contribution is 6.30. The lowest BCUT2D eigenvalue weighted by molar-refractivity contribution is 0.102. The van der Waals surface area contributed by atoms with Gasteiger partial charge in [-0.15, -0.1) is 0 Å². The number of benzene rings is 1. The van der Waals surface area contributed by atoms with Gasteiger partial charge in [0.2, 0.25) is 0 Å². The average Bonchev–Trinajstić information content (AvgIpc) is 3.44. The fraction of sp³-hybridized carbons (Fsp3) is 0.278. The summed E-state index contributed by atoms with van der Waals surface area (Å²) in [7, 11) is 0. The number of amidine groups is 1. The Morgan fingerprint density at radius 3 is 2.86 bits per heavy atom. The first-order valence-electron chi connectivity index (χ1n) is 8.34. The molecule has 3 atom stereocenters. The summed E-state index contributed by atoms with van der Waals surface area (Å²) in [6.07, 6.45) is 1.30. The summed E-state index contributed by atoms with van der Waals surface area (Å²) in [4.78, 5) is 20.1. The van der Waals surface area contributed by atoms with Crippen molar-refractivity contribution in [2.24, 2.45) is 16.6 Å². The Kier molecular flexibility index (Phi) is 4.41. The van der Waals surface area contributed by atoms with Crippen molar-refractivity contribution in [1.29, 1.82) is 0 Å². The van der Waals surface area contributed by atoms with Gasteiger partial charge in [0.25, 0.3) is 11.9 Å². The van der Waals surface area contributed by atoms with Crippen LogP contribution in [0.2, 0.25) is 5.02 Å². The number of rotatable bonds is 4. The second-order valence-electron chi connectivity index (χ2n) is 6.64. The van der Waals surface area contributed by atoms with Crippen molar-refractivity contribution < 1.29 is 22.7 Å². The van der Waals surface area contributed by atoms with Crippen molar-refractivity contribution in [3.63, 3.8) is 0 Å². The predicted octanol–water partition coefficient (Wildman–Crippen LogP) is 3.16. The molecule has 0 radical (unpaired) electrons. The highest BCUT2D eigenvalue weighted by Gasteiger charge is 2.60. The minimum atomic E-state index is -1.70. The van der Waals surface area contributed by atoms with E-state index in [0.29, 0.717) is 11.4 Å². The quantitative estimate of drug-likeness (QED) is 0.810. The number of amides is 1.